The van der Waals surface area contributed by atoms with Crippen LogP contribution in [0, 0.1) is 0 Å². The van der Waals surface area contributed by atoms with Crippen LogP contribution in [0.4, 0.5) is 0 Å². The van der Waals surface area contributed by atoms with Gasteiger partial charge in [0, 0.05) is 8.38 Å². The van der Waals surface area contributed by atoms with Crippen LogP contribution in [-0.2, 0) is 8.23 Å². The molecule has 0 bridgehead atoms. The summed E-state index contributed by atoms with van der Waals surface area (Å²) in [6, 6.07) is 1.23. The van der Waals surface area contributed by atoms with E-state index in [-0.39, 0.29) is 0 Å². The fourth-order valence-electron chi connectivity index (χ4n) is 2.33. The van der Waals surface area contributed by atoms with E-state index in [1.165, 1.54) is 38.1 Å². The third-order valence-electron chi connectivity index (χ3n) is 2.93. The van der Waals surface area contributed by atoms with Crippen molar-refractivity contribution in [2.75, 3.05) is 0 Å². The van der Waals surface area contributed by atoms with Crippen molar-refractivity contribution in [2.24, 2.45) is 0 Å². The highest BCUT2D eigenvalue weighted by Crippen LogP contribution is 2.23. The van der Waals surface area contributed by atoms with E-state index in [4.69, 9.17) is 9.57 Å². The maximum absolute atomic E-state index is 6.33. The third kappa shape index (κ3) is 13.6. The van der Waals surface area contributed by atoms with Crippen LogP contribution < -0.4 is 0 Å². The number of hydrogen-bond acceptors (Lipinski definition) is 2. The summed E-state index contributed by atoms with van der Waals surface area (Å²) in [6.07, 6.45) is 7.22. The molecule has 2 radical (unpaired) electrons. The largest absolute Gasteiger partial charge is 0.437 e. The molecule has 20 heavy (non-hydrogen) atoms. The summed E-state index contributed by atoms with van der Waals surface area (Å²) in [4.78, 5) is 0. The monoisotopic (exact) mass is 333 g/mol. The van der Waals surface area contributed by atoms with Crippen molar-refractivity contribution in [3.05, 3.63) is 0 Å². The predicted octanol–water partition coefficient (Wildman–Crippen LogP) is 5.08. The molecule has 1 fully saturated rings. The maximum Gasteiger partial charge on any atom is 0.311 e. The van der Waals surface area contributed by atoms with Gasteiger partial charge in [0.25, 0.3) is 0 Å². The Labute approximate surface area is 134 Å². The summed E-state index contributed by atoms with van der Waals surface area (Å²) >= 11 is 0. The molecule has 0 unspecified atom stereocenters. The molecule has 1 saturated carbocycles. The fraction of sp³-hybridized carbons (Fsp3) is 1.00. The van der Waals surface area contributed by atoms with Crippen LogP contribution in [0.2, 0.25) is 51.9 Å². The van der Waals surface area contributed by atoms with E-state index < -0.39 is 25.2 Å². The van der Waals surface area contributed by atoms with Gasteiger partial charge in [-0.3, -0.25) is 0 Å². The molecular weight excluding hydrogens is 295 g/mol. The van der Waals surface area contributed by atoms with Gasteiger partial charge in [-0.25, -0.2) is 0 Å². The molecule has 1 rings (SSSR count). The van der Waals surface area contributed by atoms with Gasteiger partial charge in [0.15, 0.2) is 16.6 Å². The van der Waals surface area contributed by atoms with Crippen molar-refractivity contribution in [3.8, 4) is 0 Å². The SMILES string of the molecule is C1CCC1.CCC[Si](C)(C)O[Si](C)(C)O[Si](C)(C)C.[2H][B]. The van der Waals surface area contributed by atoms with Crippen LogP contribution in [0.15, 0.2) is 0 Å². The van der Waals surface area contributed by atoms with Crippen molar-refractivity contribution in [1.29, 1.82) is 1.34 Å². The minimum absolute atomic E-state index is 1.22. The predicted molar refractivity (Wildman–Crippen MR) is 101 cm³/mol. The molecule has 0 N–H and O–H groups in total. The van der Waals surface area contributed by atoms with E-state index in [0.29, 0.717) is 0 Å². The molecule has 0 aromatic rings. The Hall–Kier alpha value is 0.636. The highest BCUT2D eigenvalue weighted by atomic mass is 28.5. The molecule has 0 aromatic carbocycles. The minimum Gasteiger partial charge on any atom is -0.437 e. The lowest BCUT2D eigenvalue weighted by Crippen LogP contribution is -2.51. The lowest BCUT2D eigenvalue weighted by Gasteiger charge is -2.37. The van der Waals surface area contributed by atoms with Gasteiger partial charge in [-0.2, -0.15) is 0 Å². The van der Waals surface area contributed by atoms with Crippen LogP contribution >= 0.6 is 0 Å². The summed E-state index contributed by atoms with van der Waals surface area (Å²) in [5.41, 5.74) is 0. The second-order valence-electron chi connectivity index (χ2n) is 7.64. The Morgan fingerprint density at radius 2 is 1.25 bits per heavy atom. The fourth-order valence-corrected chi connectivity index (χ4v) is 15.7. The topological polar surface area (TPSA) is 18.5 Å². The Bertz CT molecular complexity index is 251. The van der Waals surface area contributed by atoms with Crippen molar-refractivity contribution < 1.29 is 8.23 Å². The maximum atomic E-state index is 6.33. The molecule has 0 spiro atoms. The van der Waals surface area contributed by atoms with Crippen LogP contribution in [0.25, 0.3) is 0 Å². The molecule has 1 aliphatic carbocycles. The number of hydrogen-bond donors (Lipinski definition) is 0. The van der Waals surface area contributed by atoms with Gasteiger partial charge in [0.2, 0.25) is 0 Å². The molecule has 0 saturated heterocycles. The molecule has 120 valence electrons. The van der Waals surface area contributed by atoms with E-state index in [9.17, 15) is 0 Å². The Kier molecular flexibility index (Phi) is 9.92. The molecule has 6 heteroatoms. The smallest absolute Gasteiger partial charge is 0.311 e. The van der Waals surface area contributed by atoms with Crippen molar-refractivity contribution in [3.63, 3.8) is 0 Å². The van der Waals surface area contributed by atoms with Crippen molar-refractivity contribution in [1.82, 2.24) is 0 Å². The lowest BCUT2D eigenvalue weighted by atomic mass is 10.0. The van der Waals surface area contributed by atoms with E-state index in [1.807, 2.05) is 0 Å². The van der Waals surface area contributed by atoms with Crippen molar-refractivity contribution in [2.45, 2.75) is 90.9 Å². The first kappa shape index (κ1) is 20.6. The van der Waals surface area contributed by atoms with Crippen LogP contribution in [0.1, 0.15) is 39.0 Å². The second kappa shape index (κ2) is 9.61. The summed E-state index contributed by atoms with van der Waals surface area (Å²) in [7, 11) is -1.07. The molecule has 0 heterocycles. The second-order valence-corrected chi connectivity index (χ2v) is 20.3. The first-order chi connectivity index (χ1) is 9.47. The average Bonchev–Trinajstić information content (AvgIpc) is 2.10. The molecule has 1 aliphatic rings. The Morgan fingerprint density at radius 3 is 1.50 bits per heavy atom. The van der Waals surface area contributed by atoms with Gasteiger partial charge in [0.1, 0.15) is 0 Å². The molecule has 0 aromatic heterocycles. The summed E-state index contributed by atoms with van der Waals surface area (Å²) < 4.78 is 17.8. The third-order valence-corrected chi connectivity index (χ3v) is 13.2. The zero-order valence-corrected chi connectivity index (χ0v) is 18.1. The normalized spacial score (nSPS) is 15.9. The first-order valence-electron chi connectivity index (χ1n) is 8.45. The van der Waals surface area contributed by atoms with Gasteiger partial charge in [0.05, 0.1) is 0 Å². The molecule has 0 atom stereocenters. The summed E-state index contributed by atoms with van der Waals surface area (Å²) in [5, 5.41) is 0. The summed E-state index contributed by atoms with van der Waals surface area (Å²) in [6.45, 7) is 17.9. The van der Waals surface area contributed by atoms with Gasteiger partial charge < -0.3 is 8.23 Å². The first-order valence-corrected chi connectivity index (χ1v) is 17.2. The summed E-state index contributed by atoms with van der Waals surface area (Å²) in [5.74, 6) is 0. The zero-order chi connectivity index (χ0) is 17.2. The van der Waals surface area contributed by atoms with E-state index in [0.717, 1.165) is 0 Å². The van der Waals surface area contributed by atoms with Crippen LogP contribution in [0.5, 0.6) is 0 Å². The Morgan fingerprint density at radius 1 is 0.850 bits per heavy atom. The van der Waals surface area contributed by atoms with Gasteiger partial charge >= 0.3 is 8.56 Å². The minimum atomic E-state index is -1.89. The van der Waals surface area contributed by atoms with Crippen LogP contribution in [-0.4, -0.2) is 34.9 Å². The molecular formula is C14H37BO2Si3. The van der Waals surface area contributed by atoms with E-state index in [2.05, 4.69) is 61.1 Å². The zero-order valence-electron chi connectivity index (χ0n) is 16.1. The van der Waals surface area contributed by atoms with Gasteiger partial charge in [-0.1, -0.05) is 39.0 Å². The van der Waals surface area contributed by atoms with Crippen molar-refractivity contribution >= 4 is 33.6 Å². The number of rotatable bonds is 6. The highest BCUT2D eigenvalue weighted by molar-refractivity contribution is 6.87. The van der Waals surface area contributed by atoms with Gasteiger partial charge in [-0.05, 0) is 53.2 Å². The average molecular weight is 334 g/mol. The molecule has 2 nitrogen and oxygen atoms in total. The van der Waals surface area contributed by atoms with Gasteiger partial charge in [-0.15, -0.1) is 0 Å². The highest BCUT2D eigenvalue weighted by Gasteiger charge is 2.37. The standard InChI is InChI=1S/C10H28O2Si3.C4H8.BH/c1-9-10-14(5,6)12-15(7,8)11-13(2,3)4;1-2-4-3-1;/h9-10H2,1-8H3;1-4H2;1H/i;;1D. The van der Waals surface area contributed by atoms with Crippen LogP contribution in [0.3, 0.4) is 0 Å². The molecule has 0 aliphatic heterocycles. The van der Waals surface area contributed by atoms with E-state index in [1.54, 1.807) is 0 Å². The van der Waals surface area contributed by atoms with E-state index >= 15 is 0 Å². The Balaban J connectivity index is 0. The lowest BCUT2D eigenvalue weighted by molar-refractivity contribution is 0.391. The molecule has 0 amide bonds. The quantitative estimate of drug-likeness (QED) is 0.631.